The third-order valence-electron chi connectivity index (χ3n) is 4.16. The first-order chi connectivity index (χ1) is 13.7. The van der Waals surface area contributed by atoms with E-state index in [-0.39, 0.29) is 22.5 Å². The maximum atomic E-state index is 12.8. The monoisotopic (exact) mass is 414 g/mol. The van der Waals surface area contributed by atoms with Crippen molar-refractivity contribution in [2.45, 2.75) is 0 Å². The Labute approximate surface area is 170 Å². The quantitative estimate of drug-likeness (QED) is 0.356. The van der Waals surface area contributed by atoms with Gasteiger partial charge in [-0.15, -0.1) is 0 Å². The van der Waals surface area contributed by atoms with Crippen molar-refractivity contribution in [3.05, 3.63) is 68.7 Å². The van der Waals surface area contributed by atoms with Gasteiger partial charge in [0, 0.05) is 25.2 Å². The van der Waals surface area contributed by atoms with E-state index in [0.29, 0.717) is 10.7 Å². The van der Waals surface area contributed by atoms with Crippen LogP contribution >= 0.6 is 11.6 Å². The van der Waals surface area contributed by atoms with Crippen LogP contribution in [-0.4, -0.2) is 36.9 Å². The molecule has 4 amide bonds. The fourth-order valence-corrected chi connectivity index (χ4v) is 3.01. The van der Waals surface area contributed by atoms with Gasteiger partial charge in [-0.1, -0.05) is 23.7 Å². The molecule has 0 spiro atoms. The molecule has 0 bridgehead atoms. The number of amides is 4. The van der Waals surface area contributed by atoms with Crippen molar-refractivity contribution in [1.29, 1.82) is 0 Å². The zero-order valence-corrected chi connectivity index (χ0v) is 16.1. The van der Waals surface area contributed by atoms with Gasteiger partial charge in [0.2, 0.25) is 0 Å². The topological polar surface area (TPSA) is 113 Å². The fourth-order valence-electron chi connectivity index (χ4n) is 2.83. The van der Waals surface area contributed by atoms with Crippen LogP contribution in [-0.2, 0) is 9.59 Å². The Morgan fingerprint density at radius 1 is 1.14 bits per heavy atom. The minimum Gasteiger partial charge on any atom is -0.372 e. The Hall–Kier alpha value is -3.72. The van der Waals surface area contributed by atoms with Crippen LogP contribution in [0.3, 0.4) is 0 Å². The van der Waals surface area contributed by atoms with Gasteiger partial charge in [-0.2, -0.15) is 0 Å². The number of halogens is 1. The van der Waals surface area contributed by atoms with E-state index in [4.69, 9.17) is 11.6 Å². The van der Waals surface area contributed by atoms with Crippen LogP contribution in [0, 0.1) is 10.1 Å². The lowest BCUT2D eigenvalue weighted by molar-refractivity contribution is -0.384. The molecule has 29 heavy (non-hydrogen) atoms. The first-order valence-electron chi connectivity index (χ1n) is 8.32. The summed E-state index contributed by atoms with van der Waals surface area (Å²) in [6.07, 6.45) is 1.20. The average molecular weight is 415 g/mol. The Balaban J connectivity index is 2.05. The Kier molecular flexibility index (Phi) is 5.33. The van der Waals surface area contributed by atoms with Crippen LogP contribution in [0.4, 0.5) is 21.9 Å². The summed E-state index contributed by atoms with van der Waals surface area (Å²) in [6.45, 7) is 0. The highest BCUT2D eigenvalue weighted by atomic mass is 35.5. The molecule has 0 saturated carbocycles. The molecule has 2 aromatic rings. The van der Waals surface area contributed by atoms with Crippen LogP contribution in [0.5, 0.6) is 0 Å². The number of carbonyl (C=O) groups is 3. The van der Waals surface area contributed by atoms with E-state index < -0.39 is 22.8 Å². The van der Waals surface area contributed by atoms with E-state index in [1.807, 2.05) is 0 Å². The molecule has 1 fully saturated rings. The molecule has 0 aromatic heterocycles. The lowest BCUT2D eigenvalue weighted by Crippen LogP contribution is -2.54. The van der Waals surface area contributed by atoms with Gasteiger partial charge in [0.25, 0.3) is 17.5 Å². The summed E-state index contributed by atoms with van der Waals surface area (Å²) in [6, 6.07) is 9.42. The smallest absolute Gasteiger partial charge is 0.335 e. The number of nitrogens with one attached hydrogen (secondary N) is 1. The van der Waals surface area contributed by atoms with Gasteiger partial charge in [0.05, 0.1) is 10.6 Å². The normalized spacial score (nSPS) is 15.5. The van der Waals surface area contributed by atoms with Gasteiger partial charge in [0.1, 0.15) is 11.3 Å². The molecular formula is C19H15ClN4O5. The number of imide groups is 2. The van der Waals surface area contributed by atoms with E-state index in [2.05, 4.69) is 5.32 Å². The van der Waals surface area contributed by atoms with Crippen LogP contribution < -0.4 is 15.1 Å². The molecule has 1 N–H and O–H groups in total. The highest BCUT2D eigenvalue weighted by Gasteiger charge is 2.37. The minimum atomic E-state index is -0.909. The summed E-state index contributed by atoms with van der Waals surface area (Å²) < 4.78 is 0. The molecule has 1 aliphatic heterocycles. The summed E-state index contributed by atoms with van der Waals surface area (Å²) in [5.74, 6) is -1.75. The Morgan fingerprint density at radius 3 is 2.48 bits per heavy atom. The van der Waals surface area contributed by atoms with Gasteiger partial charge in [-0.3, -0.25) is 25.0 Å². The lowest BCUT2D eigenvalue weighted by atomic mass is 10.1. The van der Waals surface area contributed by atoms with Gasteiger partial charge < -0.3 is 4.90 Å². The zero-order chi connectivity index (χ0) is 21.3. The van der Waals surface area contributed by atoms with Crippen LogP contribution in [0.15, 0.2) is 48.0 Å². The molecule has 0 unspecified atom stereocenters. The predicted molar refractivity (Wildman–Crippen MR) is 108 cm³/mol. The van der Waals surface area contributed by atoms with Crippen LogP contribution in [0.25, 0.3) is 6.08 Å². The molecule has 148 valence electrons. The number of barbiturate groups is 1. The number of anilines is 2. The molecule has 1 aliphatic rings. The summed E-state index contributed by atoms with van der Waals surface area (Å²) in [7, 11) is 3.32. The molecule has 1 saturated heterocycles. The van der Waals surface area contributed by atoms with Gasteiger partial charge in [-0.25, -0.2) is 9.69 Å². The van der Waals surface area contributed by atoms with E-state index in [1.54, 1.807) is 31.1 Å². The number of nitro groups is 1. The zero-order valence-electron chi connectivity index (χ0n) is 15.4. The molecule has 3 rings (SSSR count). The van der Waals surface area contributed by atoms with Gasteiger partial charge in [-0.05, 0) is 35.9 Å². The van der Waals surface area contributed by atoms with E-state index in [0.717, 1.165) is 4.90 Å². The van der Waals surface area contributed by atoms with Crippen LogP contribution in [0.1, 0.15) is 5.56 Å². The second-order valence-electron chi connectivity index (χ2n) is 6.34. The maximum Gasteiger partial charge on any atom is 0.335 e. The summed E-state index contributed by atoms with van der Waals surface area (Å²) in [5, 5.41) is 13.8. The number of urea groups is 1. The summed E-state index contributed by atoms with van der Waals surface area (Å²) in [4.78, 5) is 50.4. The summed E-state index contributed by atoms with van der Waals surface area (Å²) in [5.41, 5.74) is 0.299. The van der Waals surface area contributed by atoms with Gasteiger partial charge >= 0.3 is 6.03 Å². The minimum absolute atomic E-state index is 0.184. The highest BCUT2D eigenvalue weighted by molar-refractivity contribution is 6.39. The number of nitrogens with zero attached hydrogens (tertiary/aromatic N) is 3. The number of carbonyl (C=O) groups excluding carboxylic acids is 3. The SMILES string of the molecule is CN(C)c1ccc(/C=C2/C(=O)NC(=O)N(c3cccc(Cl)c3)C2=O)cc1[N+](=O)[O-]. The van der Waals surface area contributed by atoms with E-state index in [1.165, 1.54) is 36.4 Å². The van der Waals surface area contributed by atoms with Gasteiger partial charge in [0.15, 0.2) is 0 Å². The molecule has 0 radical (unpaired) electrons. The number of benzene rings is 2. The Morgan fingerprint density at radius 2 is 1.86 bits per heavy atom. The first-order valence-corrected chi connectivity index (χ1v) is 8.69. The molecule has 10 heteroatoms. The molecule has 0 aliphatic carbocycles. The van der Waals surface area contributed by atoms with Crippen molar-refractivity contribution < 1.29 is 19.3 Å². The molecule has 0 atom stereocenters. The lowest BCUT2D eigenvalue weighted by Gasteiger charge is -2.26. The van der Waals surface area contributed by atoms with E-state index in [9.17, 15) is 24.5 Å². The number of rotatable bonds is 4. The predicted octanol–water partition coefficient (Wildman–Crippen LogP) is 2.98. The summed E-state index contributed by atoms with van der Waals surface area (Å²) >= 11 is 5.92. The fraction of sp³-hybridized carbons (Fsp3) is 0.105. The van der Waals surface area contributed by atoms with Crippen molar-refractivity contribution in [1.82, 2.24) is 5.32 Å². The molecule has 2 aromatic carbocycles. The van der Waals surface area contributed by atoms with Crippen molar-refractivity contribution in [2.75, 3.05) is 23.9 Å². The highest BCUT2D eigenvalue weighted by Crippen LogP contribution is 2.29. The van der Waals surface area contributed by atoms with Crippen LogP contribution in [0.2, 0.25) is 5.02 Å². The standard InChI is InChI=1S/C19H15ClN4O5/c1-22(2)15-7-6-11(9-16(15)24(28)29)8-14-17(25)21-19(27)23(18(14)26)13-5-3-4-12(20)10-13/h3-10H,1-2H3,(H,21,25,27)/b14-8-. The van der Waals surface area contributed by atoms with Crippen molar-refractivity contribution in [3.8, 4) is 0 Å². The number of hydrogen-bond donors (Lipinski definition) is 1. The third kappa shape index (κ3) is 3.94. The first kappa shape index (κ1) is 20.0. The molecule has 1 heterocycles. The molecule has 9 nitrogen and oxygen atoms in total. The maximum absolute atomic E-state index is 12.8. The Bertz CT molecular complexity index is 1080. The number of nitro benzene ring substituents is 1. The van der Waals surface area contributed by atoms with Crippen molar-refractivity contribution >= 4 is 52.6 Å². The number of hydrogen-bond acceptors (Lipinski definition) is 6. The largest absolute Gasteiger partial charge is 0.372 e. The second kappa shape index (κ2) is 7.72. The third-order valence-corrected chi connectivity index (χ3v) is 4.39. The van der Waals surface area contributed by atoms with Crippen molar-refractivity contribution in [2.24, 2.45) is 0 Å². The second-order valence-corrected chi connectivity index (χ2v) is 6.77. The molecular weight excluding hydrogens is 400 g/mol. The average Bonchev–Trinajstić information content (AvgIpc) is 2.64. The van der Waals surface area contributed by atoms with Crippen molar-refractivity contribution in [3.63, 3.8) is 0 Å². The van der Waals surface area contributed by atoms with E-state index >= 15 is 0 Å².